The van der Waals surface area contributed by atoms with Crippen LogP contribution in [-0.4, -0.2) is 15.7 Å². The van der Waals surface area contributed by atoms with Gasteiger partial charge in [-0.1, -0.05) is 48.0 Å². The number of rotatable bonds is 4. The molecule has 5 nitrogen and oxygen atoms in total. The Balaban J connectivity index is 1.81. The van der Waals surface area contributed by atoms with Gasteiger partial charge >= 0.3 is 0 Å². The van der Waals surface area contributed by atoms with Gasteiger partial charge in [0.15, 0.2) is 0 Å². The minimum Gasteiger partial charge on any atom is -0.321 e. The first-order chi connectivity index (χ1) is 11.6. The van der Waals surface area contributed by atoms with E-state index in [0.717, 1.165) is 11.1 Å². The number of nitrogens with zero attached hydrogens (tertiary/aromatic N) is 2. The molecule has 0 saturated carbocycles. The van der Waals surface area contributed by atoms with E-state index in [-0.39, 0.29) is 17.2 Å². The van der Waals surface area contributed by atoms with Gasteiger partial charge in [0.2, 0.25) is 0 Å². The Labute approximate surface area is 139 Å². The second kappa shape index (κ2) is 6.91. The lowest BCUT2D eigenvalue weighted by atomic mass is 10.1. The van der Waals surface area contributed by atoms with Crippen LogP contribution in [-0.2, 0) is 6.54 Å². The predicted molar refractivity (Wildman–Crippen MR) is 93.2 cm³/mol. The van der Waals surface area contributed by atoms with Crippen molar-refractivity contribution in [1.29, 1.82) is 0 Å². The Morgan fingerprint density at radius 3 is 2.42 bits per heavy atom. The zero-order valence-corrected chi connectivity index (χ0v) is 13.3. The maximum atomic E-state index is 12.3. The molecule has 0 fully saturated rings. The summed E-state index contributed by atoms with van der Waals surface area (Å²) in [6.07, 6.45) is 0. The summed E-state index contributed by atoms with van der Waals surface area (Å²) in [5.74, 6) is -0.348. The van der Waals surface area contributed by atoms with Crippen molar-refractivity contribution in [3.05, 3.63) is 93.9 Å². The smallest absolute Gasteiger partial charge is 0.276 e. The highest BCUT2D eigenvalue weighted by molar-refractivity contribution is 6.02. The standard InChI is InChI=1S/C19H17N3O2/c1-14-7-9-15(10-8-14)13-22-18(23)12-11-17(21-22)19(24)20-16-5-3-2-4-6-16/h2-12H,13H2,1H3,(H,20,24). The van der Waals surface area contributed by atoms with Crippen molar-refractivity contribution in [3.8, 4) is 0 Å². The number of aryl methyl sites for hydroxylation is 1. The van der Waals surface area contributed by atoms with E-state index in [1.54, 1.807) is 12.1 Å². The third kappa shape index (κ3) is 3.76. The zero-order chi connectivity index (χ0) is 16.9. The summed E-state index contributed by atoms with van der Waals surface area (Å²) in [6, 6.07) is 19.8. The number of anilines is 1. The van der Waals surface area contributed by atoms with Gasteiger partial charge in [0.1, 0.15) is 5.69 Å². The third-order valence-electron chi connectivity index (χ3n) is 3.58. The fourth-order valence-electron chi connectivity index (χ4n) is 2.27. The van der Waals surface area contributed by atoms with E-state index in [2.05, 4.69) is 10.4 Å². The number of hydrogen-bond acceptors (Lipinski definition) is 3. The molecule has 0 saturated heterocycles. The van der Waals surface area contributed by atoms with E-state index in [4.69, 9.17) is 0 Å². The van der Waals surface area contributed by atoms with Crippen LogP contribution in [0.1, 0.15) is 21.6 Å². The lowest BCUT2D eigenvalue weighted by Crippen LogP contribution is -2.26. The van der Waals surface area contributed by atoms with Crippen molar-refractivity contribution in [1.82, 2.24) is 9.78 Å². The summed E-state index contributed by atoms with van der Waals surface area (Å²) in [4.78, 5) is 24.3. The van der Waals surface area contributed by atoms with Crippen LogP contribution >= 0.6 is 0 Å². The first-order valence-corrected chi connectivity index (χ1v) is 7.62. The summed E-state index contributed by atoms with van der Waals surface area (Å²) in [6.45, 7) is 2.33. The van der Waals surface area contributed by atoms with Crippen molar-refractivity contribution in [2.24, 2.45) is 0 Å². The van der Waals surface area contributed by atoms with Crippen LogP contribution in [0.4, 0.5) is 5.69 Å². The van der Waals surface area contributed by atoms with Gasteiger partial charge in [-0.05, 0) is 30.7 Å². The largest absolute Gasteiger partial charge is 0.321 e. The van der Waals surface area contributed by atoms with E-state index in [0.29, 0.717) is 12.2 Å². The predicted octanol–water partition coefficient (Wildman–Crippen LogP) is 2.85. The van der Waals surface area contributed by atoms with Gasteiger partial charge < -0.3 is 5.32 Å². The molecule has 1 aromatic heterocycles. The van der Waals surface area contributed by atoms with Gasteiger partial charge in [-0.3, -0.25) is 9.59 Å². The van der Waals surface area contributed by atoms with Gasteiger partial charge in [-0.25, -0.2) is 4.68 Å². The first-order valence-electron chi connectivity index (χ1n) is 7.62. The topological polar surface area (TPSA) is 64.0 Å². The van der Waals surface area contributed by atoms with Gasteiger partial charge in [0, 0.05) is 11.8 Å². The summed E-state index contributed by atoms with van der Waals surface area (Å²) in [5, 5.41) is 6.94. The quantitative estimate of drug-likeness (QED) is 0.804. The molecule has 0 radical (unpaired) electrons. The molecule has 0 bridgehead atoms. The van der Waals surface area contributed by atoms with Crippen molar-refractivity contribution < 1.29 is 4.79 Å². The van der Waals surface area contributed by atoms with Gasteiger partial charge in [0.25, 0.3) is 11.5 Å². The maximum Gasteiger partial charge on any atom is 0.276 e. The minimum atomic E-state index is -0.348. The van der Waals surface area contributed by atoms with E-state index in [1.807, 2.05) is 49.4 Å². The molecule has 1 N–H and O–H groups in total. The molecule has 3 aromatic rings. The van der Waals surface area contributed by atoms with Crippen LogP contribution in [0.3, 0.4) is 0 Å². The summed E-state index contributed by atoms with van der Waals surface area (Å²) in [5.41, 5.74) is 2.74. The van der Waals surface area contributed by atoms with Crippen LogP contribution < -0.4 is 10.9 Å². The molecule has 3 rings (SSSR count). The number of carbonyl (C=O) groups excluding carboxylic acids is 1. The Kier molecular flexibility index (Phi) is 4.52. The van der Waals surface area contributed by atoms with Gasteiger partial charge in [-0.2, -0.15) is 5.10 Å². The molecular weight excluding hydrogens is 302 g/mol. The highest BCUT2D eigenvalue weighted by atomic mass is 16.2. The molecule has 24 heavy (non-hydrogen) atoms. The molecule has 120 valence electrons. The zero-order valence-electron chi connectivity index (χ0n) is 13.3. The molecule has 0 aliphatic carbocycles. The molecule has 0 unspecified atom stereocenters. The second-order valence-electron chi connectivity index (χ2n) is 5.52. The number of hydrogen-bond donors (Lipinski definition) is 1. The van der Waals surface area contributed by atoms with E-state index >= 15 is 0 Å². The minimum absolute atomic E-state index is 0.200. The number of nitrogens with one attached hydrogen (secondary N) is 1. The lowest BCUT2D eigenvalue weighted by Gasteiger charge is -2.08. The lowest BCUT2D eigenvalue weighted by molar-refractivity contribution is 0.102. The third-order valence-corrected chi connectivity index (χ3v) is 3.58. The summed E-state index contributed by atoms with van der Waals surface area (Å²) in [7, 11) is 0. The van der Waals surface area contributed by atoms with Crippen LogP contribution in [0.2, 0.25) is 0 Å². The van der Waals surface area contributed by atoms with Gasteiger partial charge in [0.05, 0.1) is 6.54 Å². The normalized spacial score (nSPS) is 10.4. The monoisotopic (exact) mass is 319 g/mol. The van der Waals surface area contributed by atoms with Crippen LogP contribution in [0, 0.1) is 6.92 Å². The molecule has 0 spiro atoms. The Hall–Kier alpha value is -3.21. The summed E-state index contributed by atoms with van der Waals surface area (Å²) < 4.78 is 1.30. The molecule has 0 atom stereocenters. The van der Waals surface area contributed by atoms with Crippen molar-refractivity contribution in [3.63, 3.8) is 0 Å². The second-order valence-corrected chi connectivity index (χ2v) is 5.52. The Morgan fingerprint density at radius 2 is 1.71 bits per heavy atom. The summed E-state index contributed by atoms with van der Waals surface area (Å²) >= 11 is 0. The average Bonchev–Trinajstić information content (AvgIpc) is 2.59. The van der Waals surface area contributed by atoms with Crippen LogP contribution in [0.25, 0.3) is 0 Å². The molecule has 1 heterocycles. The Morgan fingerprint density at radius 1 is 1.00 bits per heavy atom. The van der Waals surface area contributed by atoms with Gasteiger partial charge in [-0.15, -0.1) is 0 Å². The highest BCUT2D eigenvalue weighted by Crippen LogP contribution is 2.07. The van der Waals surface area contributed by atoms with Crippen molar-refractivity contribution >= 4 is 11.6 Å². The van der Waals surface area contributed by atoms with Crippen LogP contribution in [0.5, 0.6) is 0 Å². The van der Waals surface area contributed by atoms with E-state index < -0.39 is 0 Å². The number of benzene rings is 2. The first kappa shape index (κ1) is 15.7. The fourth-order valence-corrected chi connectivity index (χ4v) is 2.27. The van der Waals surface area contributed by atoms with Crippen molar-refractivity contribution in [2.75, 3.05) is 5.32 Å². The van der Waals surface area contributed by atoms with Crippen molar-refractivity contribution in [2.45, 2.75) is 13.5 Å². The molecule has 2 aromatic carbocycles. The van der Waals surface area contributed by atoms with E-state index in [1.165, 1.54) is 16.8 Å². The molecular formula is C19H17N3O2. The number of para-hydroxylation sites is 1. The number of amides is 1. The Bertz CT molecular complexity index is 900. The average molecular weight is 319 g/mol. The molecule has 1 amide bonds. The maximum absolute atomic E-state index is 12.3. The SMILES string of the molecule is Cc1ccc(Cn2nc(C(=O)Nc3ccccc3)ccc2=O)cc1. The number of carbonyl (C=O) groups is 1. The highest BCUT2D eigenvalue weighted by Gasteiger charge is 2.10. The molecule has 0 aliphatic rings. The molecule has 0 aliphatic heterocycles. The van der Waals surface area contributed by atoms with E-state index in [9.17, 15) is 9.59 Å². The fraction of sp³-hybridized carbons (Fsp3) is 0.105. The molecule has 5 heteroatoms. The van der Waals surface area contributed by atoms with Crippen LogP contribution in [0.15, 0.2) is 71.5 Å². The number of aromatic nitrogens is 2.